The number of carbonyl (C=O) groups excluding carboxylic acids is 1. The molecule has 0 spiro atoms. The summed E-state index contributed by atoms with van der Waals surface area (Å²) in [5.41, 5.74) is 0. The number of carbonyl (C=O) groups is 1. The monoisotopic (exact) mass is 198 g/mol. The summed E-state index contributed by atoms with van der Waals surface area (Å²) in [5, 5.41) is 0. The Morgan fingerprint density at radius 3 is 2.50 bits per heavy atom. The largest absolute Gasteiger partial charge is 0.370 e. The fourth-order valence-electron chi connectivity index (χ4n) is 1.53. The van der Waals surface area contributed by atoms with Gasteiger partial charge in [0.05, 0.1) is 0 Å². The Morgan fingerprint density at radius 1 is 1.43 bits per heavy atom. The third-order valence-electron chi connectivity index (χ3n) is 2.69. The summed E-state index contributed by atoms with van der Waals surface area (Å²) in [5.74, 6) is 0.938. The lowest BCUT2D eigenvalue weighted by atomic mass is 10.0. The molecule has 0 aliphatic heterocycles. The van der Waals surface area contributed by atoms with E-state index >= 15 is 0 Å². The molecule has 1 rings (SSSR count). The van der Waals surface area contributed by atoms with Gasteiger partial charge in [-0.1, -0.05) is 27.2 Å². The summed E-state index contributed by atoms with van der Waals surface area (Å²) in [7, 11) is 0. The van der Waals surface area contributed by atoms with Gasteiger partial charge < -0.3 is 4.74 Å². The van der Waals surface area contributed by atoms with E-state index < -0.39 is 0 Å². The maximum absolute atomic E-state index is 11.8. The van der Waals surface area contributed by atoms with E-state index in [9.17, 15) is 4.79 Å². The van der Waals surface area contributed by atoms with E-state index in [2.05, 4.69) is 6.92 Å². The summed E-state index contributed by atoms with van der Waals surface area (Å²) >= 11 is 0. The molecule has 0 amide bonds. The molecule has 0 N–H and O–H groups in total. The van der Waals surface area contributed by atoms with E-state index in [0.29, 0.717) is 11.7 Å². The molecule has 14 heavy (non-hydrogen) atoms. The second-order valence-electron chi connectivity index (χ2n) is 4.54. The van der Waals surface area contributed by atoms with Crippen molar-refractivity contribution in [1.82, 2.24) is 0 Å². The van der Waals surface area contributed by atoms with Gasteiger partial charge in [-0.15, -0.1) is 0 Å². The number of hydrogen-bond donors (Lipinski definition) is 0. The van der Waals surface area contributed by atoms with Crippen molar-refractivity contribution in [2.45, 2.75) is 52.6 Å². The molecule has 1 aliphatic rings. The summed E-state index contributed by atoms with van der Waals surface area (Å²) in [6, 6.07) is 0. The average Bonchev–Trinajstić information content (AvgIpc) is 2.95. The van der Waals surface area contributed by atoms with Crippen molar-refractivity contribution >= 4 is 5.78 Å². The van der Waals surface area contributed by atoms with Gasteiger partial charge in [0.25, 0.3) is 0 Å². The van der Waals surface area contributed by atoms with Gasteiger partial charge >= 0.3 is 0 Å². The molecule has 0 radical (unpaired) electrons. The highest BCUT2D eigenvalue weighted by atomic mass is 16.5. The van der Waals surface area contributed by atoms with E-state index in [0.717, 1.165) is 19.4 Å². The molecule has 0 aromatic carbocycles. The van der Waals surface area contributed by atoms with Crippen LogP contribution in [0.3, 0.4) is 0 Å². The molecular weight excluding hydrogens is 176 g/mol. The maximum Gasteiger partial charge on any atom is 0.164 e. The zero-order valence-corrected chi connectivity index (χ0v) is 9.58. The number of Topliss-reactive ketones (excluding diaryl/α,β-unsaturated/α-hetero) is 1. The summed E-state index contributed by atoms with van der Waals surface area (Å²) in [6.45, 7) is 6.80. The van der Waals surface area contributed by atoms with Crippen LogP contribution in [-0.2, 0) is 9.53 Å². The second-order valence-corrected chi connectivity index (χ2v) is 4.54. The number of ether oxygens (including phenoxy) is 1. The van der Waals surface area contributed by atoms with Crippen molar-refractivity contribution in [1.29, 1.82) is 0 Å². The molecule has 0 heterocycles. The first-order valence-corrected chi connectivity index (χ1v) is 5.82. The number of rotatable bonds is 7. The molecule has 0 bridgehead atoms. The fraction of sp³-hybridized carbons (Fsp3) is 0.917. The minimum Gasteiger partial charge on any atom is -0.370 e. The van der Waals surface area contributed by atoms with Crippen molar-refractivity contribution in [3.63, 3.8) is 0 Å². The van der Waals surface area contributed by atoms with Gasteiger partial charge in [0.2, 0.25) is 0 Å². The molecule has 2 nitrogen and oxygen atoms in total. The first-order chi connectivity index (χ1) is 6.66. The first-order valence-electron chi connectivity index (χ1n) is 5.82. The van der Waals surface area contributed by atoms with Gasteiger partial charge in [0.15, 0.2) is 5.78 Å². The molecule has 82 valence electrons. The van der Waals surface area contributed by atoms with Gasteiger partial charge in [-0.05, 0) is 25.2 Å². The van der Waals surface area contributed by atoms with Crippen LogP contribution < -0.4 is 0 Å². The van der Waals surface area contributed by atoms with E-state index in [4.69, 9.17) is 4.74 Å². The maximum atomic E-state index is 11.8. The lowest BCUT2D eigenvalue weighted by molar-refractivity contribution is -0.135. The van der Waals surface area contributed by atoms with Crippen LogP contribution >= 0.6 is 0 Å². The molecule has 0 unspecified atom stereocenters. The normalized spacial score (nSPS) is 18.6. The third kappa shape index (κ3) is 3.41. The standard InChI is InChI=1S/C12H22O2/c1-4-5-8-14-12(10-6-7-10)11(13)9(2)3/h9-10,12H,4-8H2,1-3H3/t12-/m1/s1. The van der Waals surface area contributed by atoms with Crippen LogP contribution in [0, 0.1) is 11.8 Å². The van der Waals surface area contributed by atoms with Crippen molar-refractivity contribution in [2.24, 2.45) is 11.8 Å². The molecule has 0 aromatic rings. The SMILES string of the molecule is CCCCO[C@@H](C(=O)C(C)C)C1CC1. The van der Waals surface area contributed by atoms with Gasteiger partial charge in [-0.25, -0.2) is 0 Å². The van der Waals surface area contributed by atoms with E-state index in [1.165, 1.54) is 12.8 Å². The smallest absolute Gasteiger partial charge is 0.164 e. The minimum atomic E-state index is -0.0958. The molecule has 1 fully saturated rings. The van der Waals surface area contributed by atoms with Gasteiger partial charge in [-0.3, -0.25) is 4.79 Å². The topological polar surface area (TPSA) is 26.3 Å². The van der Waals surface area contributed by atoms with Crippen molar-refractivity contribution < 1.29 is 9.53 Å². The number of hydrogen-bond acceptors (Lipinski definition) is 2. The summed E-state index contributed by atoms with van der Waals surface area (Å²) in [6.07, 6.45) is 4.45. The highest BCUT2D eigenvalue weighted by molar-refractivity contribution is 5.85. The van der Waals surface area contributed by atoms with Crippen molar-refractivity contribution in [3.8, 4) is 0 Å². The van der Waals surface area contributed by atoms with Crippen LogP contribution in [0.25, 0.3) is 0 Å². The Kier molecular flexibility index (Phi) is 4.59. The summed E-state index contributed by atoms with van der Waals surface area (Å²) in [4.78, 5) is 11.8. The van der Waals surface area contributed by atoms with Crippen LogP contribution in [0.5, 0.6) is 0 Å². The van der Waals surface area contributed by atoms with Gasteiger partial charge in [-0.2, -0.15) is 0 Å². The Labute approximate surface area is 87.0 Å². The minimum absolute atomic E-state index is 0.0958. The molecular formula is C12H22O2. The van der Waals surface area contributed by atoms with E-state index in [1.807, 2.05) is 13.8 Å². The van der Waals surface area contributed by atoms with Crippen LogP contribution in [0.4, 0.5) is 0 Å². The van der Waals surface area contributed by atoms with Gasteiger partial charge in [0.1, 0.15) is 6.10 Å². The molecule has 1 aliphatic carbocycles. The highest BCUT2D eigenvalue weighted by Gasteiger charge is 2.37. The van der Waals surface area contributed by atoms with Crippen LogP contribution in [0.2, 0.25) is 0 Å². The van der Waals surface area contributed by atoms with Crippen molar-refractivity contribution in [2.75, 3.05) is 6.61 Å². The molecule has 2 heteroatoms. The Hall–Kier alpha value is -0.370. The quantitative estimate of drug-likeness (QED) is 0.588. The predicted molar refractivity (Wildman–Crippen MR) is 57.2 cm³/mol. The zero-order valence-electron chi connectivity index (χ0n) is 9.58. The first kappa shape index (κ1) is 11.7. The molecule has 0 aromatic heterocycles. The highest BCUT2D eigenvalue weighted by Crippen LogP contribution is 2.35. The third-order valence-corrected chi connectivity index (χ3v) is 2.69. The Morgan fingerprint density at radius 2 is 2.07 bits per heavy atom. The van der Waals surface area contributed by atoms with Crippen LogP contribution in [0.1, 0.15) is 46.5 Å². The lowest BCUT2D eigenvalue weighted by Crippen LogP contribution is -2.30. The average molecular weight is 198 g/mol. The van der Waals surface area contributed by atoms with Crippen LogP contribution in [0.15, 0.2) is 0 Å². The Balaban J connectivity index is 2.34. The molecule has 1 atom stereocenters. The molecule has 0 saturated heterocycles. The molecule has 1 saturated carbocycles. The van der Waals surface area contributed by atoms with Crippen molar-refractivity contribution in [3.05, 3.63) is 0 Å². The predicted octanol–water partition coefficient (Wildman–Crippen LogP) is 2.81. The number of ketones is 1. The summed E-state index contributed by atoms with van der Waals surface area (Å²) < 4.78 is 5.68. The zero-order chi connectivity index (χ0) is 10.6. The fourth-order valence-corrected chi connectivity index (χ4v) is 1.53. The number of unbranched alkanes of at least 4 members (excludes halogenated alkanes) is 1. The lowest BCUT2D eigenvalue weighted by Gasteiger charge is -2.17. The van der Waals surface area contributed by atoms with E-state index in [1.54, 1.807) is 0 Å². The van der Waals surface area contributed by atoms with Crippen LogP contribution in [-0.4, -0.2) is 18.5 Å². The second kappa shape index (κ2) is 5.50. The Bertz CT molecular complexity index is 183. The van der Waals surface area contributed by atoms with E-state index in [-0.39, 0.29) is 12.0 Å². The van der Waals surface area contributed by atoms with Gasteiger partial charge in [0, 0.05) is 12.5 Å².